The standard InChI is InChI=1S/C16H18F2N2O/c17-11-8-12-14(4-7-19-15(12)13(18)9-11)20-10-16(21)5-2-1-3-6-16/h4,7-9,21H,1-3,5-6,10H2,(H,19,20). The molecule has 1 aromatic carbocycles. The van der Waals surface area contributed by atoms with E-state index in [0.29, 0.717) is 17.6 Å². The molecule has 0 unspecified atom stereocenters. The Morgan fingerprint density at radius 2 is 1.95 bits per heavy atom. The van der Waals surface area contributed by atoms with Gasteiger partial charge in [0.2, 0.25) is 0 Å². The SMILES string of the molecule is OC1(CNc2ccnc3c(F)cc(F)cc23)CCCCC1. The predicted octanol–water partition coefficient (Wildman–Crippen LogP) is 3.62. The highest BCUT2D eigenvalue weighted by Gasteiger charge is 2.28. The Bertz CT molecular complexity index is 654. The third-order valence-corrected chi connectivity index (χ3v) is 4.16. The molecule has 1 saturated carbocycles. The lowest BCUT2D eigenvalue weighted by molar-refractivity contribution is 0.0167. The highest BCUT2D eigenvalue weighted by molar-refractivity contribution is 5.91. The van der Waals surface area contributed by atoms with Crippen LogP contribution in [0.15, 0.2) is 24.4 Å². The van der Waals surface area contributed by atoms with Gasteiger partial charge < -0.3 is 10.4 Å². The molecule has 0 aliphatic heterocycles. The fourth-order valence-corrected chi connectivity index (χ4v) is 2.98. The Hall–Kier alpha value is -1.75. The average molecular weight is 292 g/mol. The van der Waals surface area contributed by atoms with Gasteiger partial charge in [-0.3, -0.25) is 4.98 Å². The zero-order valence-electron chi connectivity index (χ0n) is 11.7. The maximum atomic E-state index is 13.7. The summed E-state index contributed by atoms with van der Waals surface area (Å²) in [5, 5.41) is 14.0. The normalized spacial score (nSPS) is 17.9. The second-order valence-corrected chi connectivity index (χ2v) is 5.78. The molecule has 1 aliphatic carbocycles. The maximum Gasteiger partial charge on any atom is 0.152 e. The van der Waals surface area contributed by atoms with E-state index in [1.54, 1.807) is 6.07 Å². The molecule has 0 amide bonds. The van der Waals surface area contributed by atoms with Crippen LogP contribution < -0.4 is 5.32 Å². The van der Waals surface area contributed by atoms with Crippen molar-refractivity contribution in [1.82, 2.24) is 4.98 Å². The van der Waals surface area contributed by atoms with E-state index in [0.717, 1.165) is 38.2 Å². The summed E-state index contributed by atoms with van der Waals surface area (Å²) in [5.74, 6) is -1.31. The summed E-state index contributed by atoms with van der Waals surface area (Å²) in [7, 11) is 0. The van der Waals surface area contributed by atoms with E-state index in [9.17, 15) is 13.9 Å². The minimum atomic E-state index is -0.736. The van der Waals surface area contributed by atoms with Gasteiger partial charge in [-0.2, -0.15) is 0 Å². The summed E-state index contributed by atoms with van der Waals surface area (Å²) in [6.45, 7) is 0.379. The number of rotatable bonds is 3. The molecule has 3 nitrogen and oxygen atoms in total. The lowest BCUT2D eigenvalue weighted by Crippen LogP contribution is -2.38. The van der Waals surface area contributed by atoms with E-state index in [2.05, 4.69) is 10.3 Å². The second-order valence-electron chi connectivity index (χ2n) is 5.78. The summed E-state index contributed by atoms with van der Waals surface area (Å²) in [6, 6.07) is 3.76. The van der Waals surface area contributed by atoms with Crippen LogP contribution in [0.1, 0.15) is 32.1 Å². The molecule has 21 heavy (non-hydrogen) atoms. The molecule has 2 N–H and O–H groups in total. The van der Waals surface area contributed by atoms with Crippen LogP contribution in [-0.2, 0) is 0 Å². The summed E-state index contributed by atoms with van der Waals surface area (Å²) in [5.41, 5.74) is -0.00544. The van der Waals surface area contributed by atoms with Crippen molar-refractivity contribution in [3.8, 4) is 0 Å². The third kappa shape index (κ3) is 2.97. The van der Waals surface area contributed by atoms with Crippen LogP contribution in [0.4, 0.5) is 14.5 Å². The smallest absolute Gasteiger partial charge is 0.152 e. The molecular weight excluding hydrogens is 274 g/mol. The summed E-state index contributed by atoms with van der Waals surface area (Å²) in [4.78, 5) is 3.95. The molecule has 112 valence electrons. The van der Waals surface area contributed by atoms with Crippen molar-refractivity contribution in [2.75, 3.05) is 11.9 Å². The predicted molar refractivity (Wildman–Crippen MR) is 78.2 cm³/mol. The van der Waals surface area contributed by atoms with Gasteiger partial charge >= 0.3 is 0 Å². The zero-order valence-corrected chi connectivity index (χ0v) is 11.7. The van der Waals surface area contributed by atoms with E-state index in [-0.39, 0.29) is 5.52 Å². The number of benzene rings is 1. The first-order valence-electron chi connectivity index (χ1n) is 7.27. The number of nitrogens with one attached hydrogen (secondary N) is 1. The maximum absolute atomic E-state index is 13.7. The lowest BCUT2D eigenvalue weighted by Gasteiger charge is -2.32. The van der Waals surface area contributed by atoms with E-state index in [4.69, 9.17) is 0 Å². The van der Waals surface area contributed by atoms with Crippen LogP contribution >= 0.6 is 0 Å². The van der Waals surface area contributed by atoms with Gasteiger partial charge in [-0.1, -0.05) is 19.3 Å². The van der Waals surface area contributed by atoms with Gasteiger partial charge in [0.1, 0.15) is 11.3 Å². The van der Waals surface area contributed by atoms with Gasteiger partial charge in [0.25, 0.3) is 0 Å². The van der Waals surface area contributed by atoms with Crippen molar-refractivity contribution in [3.05, 3.63) is 36.0 Å². The molecular formula is C16H18F2N2O. The van der Waals surface area contributed by atoms with Crippen molar-refractivity contribution in [3.63, 3.8) is 0 Å². The number of anilines is 1. The van der Waals surface area contributed by atoms with Crippen LogP contribution in [-0.4, -0.2) is 22.2 Å². The quantitative estimate of drug-likeness (QED) is 0.908. The summed E-state index contributed by atoms with van der Waals surface area (Å²) >= 11 is 0. The largest absolute Gasteiger partial charge is 0.388 e. The van der Waals surface area contributed by atoms with E-state index >= 15 is 0 Å². The Labute approximate surface area is 122 Å². The van der Waals surface area contributed by atoms with Crippen LogP contribution in [0.3, 0.4) is 0 Å². The number of hydrogen-bond donors (Lipinski definition) is 2. The van der Waals surface area contributed by atoms with Crippen molar-refractivity contribution in [2.24, 2.45) is 0 Å². The molecule has 0 saturated heterocycles. The Morgan fingerprint density at radius 1 is 1.19 bits per heavy atom. The number of fused-ring (bicyclic) bond motifs is 1. The van der Waals surface area contributed by atoms with Crippen LogP contribution in [0.5, 0.6) is 0 Å². The topological polar surface area (TPSA) is 45.1 Å². The molecule has 1 aromatic heterocycles. The van der Waals surface area contributed by atoms with Gasteiger partial charge in [-0.25, -0.2) is 8.78 Å². The Kier molecular flexibility index (Phi) is 3.76. The van der Waals surface area contributed by atoms with Crippen LogP contribution in [0.25, 0.3) is 10.9 Å². The molecule has 2 aromatic rings. The van der Waals surface area contributed by atoms with Gasteiger partial charge in [0.05, 0.1) is 5.60 Å². The summed E-state index contributed by atoms with van der Waals surface area (Å²) in [6.07, 6.45) is 6.17. The van der Waals surface area contributed by atoms with Crippen LogP contribution in [0, 0.1) is 11.6 Å². The highest BCUT2D eigenvalue weighted by Crippen LogP contribution is 2.30. The first-order chi connectivity index (χ1) is 10.1. The Balaban J connectivity index is 1.87. The molecule has 3 rings (SSSR count). The first-order valence-corrected chi connectivity index (χ1v) is 7.27. The second kappa shape index (κ2) is 5.56. The van der Waals surface area contributed by atoms with Crippen molar-refractivity contribution in [2.45, 2.75) is 37.7 Å². The summed E-state index contributed by atoms with van der Waals surface area (Å²) < 4.78 is 27.1. The monoisotopic (exact) mass is 292 g/mol. The van der Waals surface area contributed by atoms with Gasteiger partial charge in [-0.15, -0.1) is 0 Å². The minimum Gasteiger partial charge on any atom is -0.388 e. The molecule has 1 heterocycles. The zero-order chi connectivity index (χ0) is 14.9. The van der Waals surface area contributed by atoms with Crippen LogP contribution in [0.2, 0.25) is 0 Å². The average Bonchev–Trinajstić information content (AvgIpc) is 2.46. The van der Waals surface area contributed by atoms with Crippen molar-refractivity contribution < 1.29 is 13.9 Å². The number of aromatic nitrogens is 1. The van der Waals surface area contributed by atoms with Gasteiger partial charge in [0, 0.05) is 29.9 Å². The third-order valence-electron chi connectivity index (χ3n) is 4.16. The fraction of sp³-hybridized carbons (Fsp3) is 0.438. The number of hydrogen-bond acceptors (Lipinski definition) is 3. The fourth-order valence-electron chi connectivity index (χ4n) is 2.98. The van der Waals surface area contributed by atoms with Gasteiger partial charge in [0.15, 0.2) is 5.82 Å². The van der Waals surface area contributed by atoms with E-state index < -0.39 is 17.2 Å². The number of pyridine rings is 1. The molecule has 5 heteroatoms. The minimum absolute atomic E-state index is 0.136. The molecule has 0 bridgehead atoms. The number of halogens is 2. The lowest BCUT2D eigenvalue weighted by atomic mass is 9.85. The van der Waals surface area contributed by atoms with Crippen molar-refractivity contribution >= 4 is 16.6 Å². The van der Waals surface area contributed by atoms with E-state index in [1.807, 2.05) is 0 Å². The molecule has 0 atom stereocenters. The van der Waals surface area contributed by atoms with E-state index in [1.165, 1.54) is 12.3 Å². The molecule has 0 spiro atoms. The number of nitrogens with zero attached hydrogens (tertiary/aromatic N) is 1. The number of aliphatic hydroxyl groups is 1. The molecule has 1 fully saturated rings. The molecule has 0 radical (unpaired) electrons. The highest BCUT2D eigenvalue weighted by atomic mass is 19.1. The van der Waals surface area contributed by atoms with Gasteiger partial charge in [-0.05, 0) is 25.0 Å². The molecule has 1 aliphatic rings. The van der Waals surface area contributed by atoms with Crippen molar-refractivity contribution in [1.29, 1.82) is 0 Å². The first kappa shape index (κ1) is 14.2. The Morgan fingerprint density at radius 3 is 2.71 bits per heavy atom.